The number of alkyl halides is 1. The van der Waals surface area contributed by atoms with Crippen molar-refractivity contribution in [2.24, 2.45) is 0 Å². The van der Waals surface area contributed by atoms with Crippen molar-refractivity contribution >= 4 is 17.5 Å². The van der Waals surface area contributed by atoms with E-state index in [2.05, 4.69) is 20.8 Å². The number of hydrogen-bond acceptors (Lipinski definition) is 4. The Labute approximate surface area is 110 Å². The summed E-state index contributed by atoms with van der Waals surface area (Å²) in [6, 6.07) is 9.82. The van der Waals surface area contributed by atoms with Crippen LogP contribution in [0.3, 0.4) is 0 Å². The largest absolute Gasteiger partial charge is 0.346 e. The van der Waals surface area contributed by atoms with Crippen LogP contribution in [0.15, 0.2) is 30.3 Å². The topological polar surface area (TPSA) is 55.6 Å². The van der Waals surface area contributed by atoms with Gasteiger partial charge in [0.2, 0.25) is 5.95 Å². The van der Waals surface area contributed by atoms with Crippen LogP contribution >= 0.6 is 11.6 Å². The molecule has 6 heteroatoms. The molecule has 2 aromatic rings. The highest BCUT2D eigenvalue weighted by Crippen LogP contribution is 2.35. The van der Waals surface area contributed by atoms with E-state index >= 15 is 0 Å². The maximum absolute atomic E-state index is 6.04. The quantitative estimate of drug-likeness (QED) is 0.860. The summed E-state index contributed by atoms with van der Waals surface area (Å²) in [5.74, 6) is 1.23. The molecule has 0 saturated heterocycles. The number of tetrazole rings is 1. The molecule has 1 aliphatic carbocycles. The minimum absolute atomic E-state index is 0.0389. The van der Waals surface area contributed by atoms with Gasteiger partial charge in [0.25, 0.3) is 0 Å². The third kappa shape index (κ3) is 1.95. The van der Waals surface area contributed by atoms with Crippen LogP contribution < -0.4 is 5.32 Å². The number of benzene rings is 1. The molecule has 3 rings (SSSR count). The number of aromatic nitrogens is 4. The third-order valence-electron chi connectivity index (χ3n) is 3.41. The fourth-order valence-electron chi connectivity index (χ4n) is 2.14. The van der Waals surface area contributed by atoms with Gasteiger partial charge >= 0.3 is 0 Å². The molecule has 1 aliphatic rings. The zero-order valence-corrected chi connectivity index (χ0v) is 10.6. The van der Waals surface area contributed by atoms with Crippen LogP contribution in [-0.2, 0) is 0 Å². The van der Waals surface area contributed by atoms with Crippen molar-refractivity contribution < 1.29 is 0 Å². The standard InChI is InChI=1S/C12H14ClN5/c13-9-12(7-4-8-12)14-11-15-16-17-18(11)10-5-2-1-3-6-10/h1-3,5-6H,4,7-9H2,(H,14,15,17). The number of rotatable bonds is 4. The smallest absolute Gasteiger partial charge is 0.248 e. The molecule has 1 N–H and O–H groups in total. The molecule has 1 aromatic carbocycles. The van der Waals surface area contributed by atoms with E-state index in [-0.39, 0.29) is 5.54 Å². The van der Waals surface area contributed by atoms with Gasteiger partial charge in [-0.2, -0.15) is 4.68 Å². The van der Waals surface area contributed by atoms with E-state index in [1.807, 2.05) is 30.3 Å². The zero-order valence-electron chi connectivity index (χ0n) is 9.88. The van der Waals surface area contributed by atoms with Crippen LogP contribution in [-0.4, -0.2) is 31.6 Å². The Kier molecular flexibility index (Phi) is 2.91. The Morgan fingerprint density at radius 1 is 1.28 bits per heavy atom. The fraction of sp³-hybridized carbons (Fsp3) is 0.417. The lowest BCUT2D eigenvalue weighted by atomic mass is 9.78. The second kappa shape index (κ2) is 4.57. The highest BCUT2D eigenvalue weighted by Gasteiger charge is 2.37. The van der Waals surface area contributed by atoms with E-state index < -0.39 is 0 Å². The summed E-state index contributed by atoms with van der Waals surface area (Å²) >= 11 is 6.04. The second-order valence-corrected chi connectivity index (χ2v) is 4.91. The summed E-state index contributed by atoms with van der Waals surface area (Å²) in [5, 5.41) is 15.2. The predicted molar refractivity (Wildman–Crippen MR) is 70.1 cm³/mol. The molecule has 0 spiro atoms. The van der Waals surface area contributed by atoms with Crippen molar-refractivity contribution in [2.75, 3.05) is 11.2 Å². The highest BCUT2D eigenvalue weighted by atomic mass is 35.5. The summed E-state index contributed by atoms with van der Waals surface area (Å²) in [6.07, 6.45) is 3.34. The minimum Gasteiger partial charge on any atom is -0.346 e. The van der Waals surface area contributed by atoms with E-state index in [9.17, 15) is 0 Å². The molecule has 18 heavy (non-hydrogen) atoms. The molecule has 0 bridgehead atoms. The summed E-state index contributed by atoms with van der Waals surface area (Å²) in [7, 11) is 0. The normalized spacial score (nSPS) is 17.2. The van der Waals surface area contributed by atoms with Gasteiger partial charge in [0.15, 0.2) is 0 Å². The van der Waals surface area contributed by atoms with E-state index in [0.717, 1.165) is 18.5 Å². The number of halogens is 1. The number of anilines is 1. The number of nitrogens with one attached hydrogen (secondary N) is 1. The van der Waals surface area contributed by atoms with Crippen LogP contribution in [0.2, 0.25) is 0 Å². The van der Waals surface area contributed by atoms with Gasteiger partial charge in [-0.05, 0) is 41.8 Å². The molecule has 1 fully saturated rings. The van der Waals surface area contributed by atoms with Crippen LogP contribution in [0.1, 0.15) is 19.3 Å². The molecular weight excluding hydrogens is 250 g/mol. The van der Waals surface area contributed by atoms with Crippen molar-refractivity contribution in [3.8, 4) is 5.69 Å². The number of para-hydroxylation sites is 1. The molecule has 1 saturated carbocycles. The first-order valence-electron chi connectivity index (χ1n) is 6.01. The highest BCUT2D eigenvalue weighted by molar-refractivity contribution is 6.18. The molecule has 0 radical (unpaired) electrons. The number of nitrogens with zero attached hydrogens (tertiary/aromatic N) is 4. The summed E-state index contributed by atoms with van der Waals surface area (Å²) < 4.78 is 1.70. The Morgan fingerprint density at radius 2 is 2.06 bits per heavy atom. The van der Waals surface area contributed by atoms with E-state index in [1.54, 1.807) is 4.68 Å². The van der Waals surface area contributed by atoms with Crippen molar-refractivity contribution in [1.82, 2.24) is 20.2 Å². The molecule has 1 aromatic heterocycles. The predicted octanol–water partition coefficient (Wildman–Crippen LogP) is 2.24. The minimum atomic E-state index is -0.0389. The molecule has 1 heterocycles. The third-order valence-corrected chi connectivity index (χ3v) is 3.93. The SMILES string of the molecule is ClCC1(Nc2nnnn2-c2ccccc2)CCC1. The van der Waals surface area contributed by atoms with E-state index in [4.69, 9.17) is 11.6 Å². The first-order valence-corrected chi connectivity index (χ1v) is 6.54. The summed E-state index contributed by atoms with van der Waals surface area (Å²) in [5.41, 5.74) is 0.900. The maximum Gasteiger partial charge on any atom is 0.248 e. The molecular formula is C12H14ClN5. The lowest BCUT2D eigenvalue weighted by molar-refractivity contribution is 0.308. The number of hydrogen-bond donors (Lipinski definition) is 1. The van der Waals surface area contributed by atoms with Gasteiger partial charge in [-0.1, -0.05) is 23.3 Å². The van der Waals surface area contributed by atoms with Crippen molar-refractivity contribution in [2.45, 2.75) is 24.8 Å². The van der Waals surface area contributed by atoms with Gasteiger partial charge in [0, 0.05) is 5.88 Å². The Morgan fingerprint density at radius 3 is 2.67 bits per heavy atom. The lowest BCUT2D eigenvalue weighted by Crippen LogP contribution is -2.47. The van der Waals surface area contributed by atoms with Crippen molar-refractivity contribution in [1.29, 1.82) is 0 Å². The molecule has 94 valence electrons. The van der Waals surface area contributed by atoms with Crippen LogP contribution in [0.5, 0.6) is 0 Å². The average molecular weight is 264 g/mol. The summed E-state index contributed by atoms with van der Waals surface area (Å²) in [6.45, 7) is 0. The molecule has 0 unspecified atom stereocenters. The summed E-state index contributed by atoms with van der Waals surface area (Å²) in [4.78, 5) is 0. The molecule has 0 amide bonds. The molecule has 0 aliphatic heterocycles. The van der Waals surface area contributed by atoms with E-state index in [1.165, 1.54) is 6.42 Å². The maximum atomic E-state index is 6.04. The Balaban J connectivity index is 1.88. The fourth-order valence-corrected chi connectivity index (χ4v) is 2.47. The Hall–Kier alpha value is -1.62. The van der Waals surface area contributed by atoms with Gasteiger partial charge < -0.3 is 5.32 Å². The first-order chi connectivity index (χ1) is 8.83. The van der Waals surface area contributed by atoms with Gasteiger partial charge in [-0.25, -0.2) is 0 Å². The first kappa shape index (κ1) is 11.5. The zero-order chi connectivity index (χ0) is 12.4. The monoisotopic (exact) mass is 263 g/mol. The molecule has 5 nitrogen and oxygen atoms in total. The Bertz CT molecular complexity index is 515. The van der Waals surface area contributed by atoms with Crippen molar-refractivity contribution in [3.05, 3.63) is 30.3 Å². The average Bonchev–Trinajstić information content (AvgIpc) is 2.83. The van der Waals surface area contributed by atoms with E-state index in [0.29, 0.717) is 11.8 Å². The van der Waals surface area contributed by atoms with Gasteiger partial charge in [0.05, 0.1) is 11.2 Å². The van der Waals surface area contributed by atoms with Gasteiger partial charge in [0.1, 0.15) is 0 Å². The lowest BCUT2D eigenvalue weighted by Gasteiger charge is -2.40. The van der Waals surface area contributed by atoms with Gasteiger partial charge in [-0.15, -0.1) is 11.6 Å². The second-order valence-electron chi connectivity index (χ2n) is 4.64. The van der Waals surface area contributed by atoms with Crippen LogP contribution in [0, 0.1) is 0 Å². The van der Waals surface area contributed by atoms with Gasteiger partial charge in [-0.3, -0.25) is 0 Å². The van der Waals surface area contributed by atoms with Crippen molar-refractivity contribution in [3.63, 3.8) is 0 Å². The molecule has 0 atom stereocenters. The van der Waals surface area contributed by atoms with Crippen LogP contribution in [0.25, 0.3) is 5.69 Å². The van der Waals surface area contributed by atoms with Crippen LogP contribution in [0.4, 0.5) is 5.95 Å².